The molecule has 0 spiro atoms. The zero-order chi connectivity index (χ0) is 23.0. The number of hydrogen-bond donors (Lipinski definition) is 0. The van der Waals surface area contributed by atoms with Gasteiger partial charge in [0.2, 0.25) is 12.5 Å². The van der Waals surface area contributed by atoms with Gasteiger partial charge in [-0.2, -0.15) is 0 Å². The zero-order valence-electron chi connectivity index (χ0n) is 18.2. The summed E-state index contributed by atoms with van der Waals surface area (Å²) >= 11 is 0. The molecule has 2 aromatic carbocycles. The lowest BCUT2D eigenvalue weighted by atomic mass is 9.69. The van der Waals surface area contributed by atoms with Crippen LogP contribution < -0.4 is 9.64 Å². The smallest absolute Gasteiger partial charge is 0.421 e. The molecule has 2 amide bonds. The van der Waals surface area contributed by atoms with E-state index in [1.165, 1.54) is 7.11 Å². The van der Waals surface area contributed by atoms with Gasteiger partial charge in [0.15, 0.2) is 0 Å². The van der Waals surface area contributed by atoms with Gasteiger partial charge in [-0.25, -0.2) is 9.69 Å². The first-order valence-corrected chi connectivity index (χ1v) is 9.92. The minimum atomic E-state index is -1.38. The van der Waals surface area contributed by atoms with Crippen molar-refractivity contribution in [2.45, 2.75) is 44.6 Å². The number of ether oxygens (including phenoxy) is 2. The van der Waals surface area contributed by atoms with Crippen molar-refractivity contribution in [1.29, 1.82) is 0 Å². The Bertz CT molecular complexity index is 1010. The van der Waals surface area contributed by atoms with Crippen LogP contribution in [0.1, 0.15) is 44.7 Å². The molecule has 1 heterocycles. The maximum atomic E-state index is 13.8. The Morgan fingerprint density at radius 3 is 2.39 bits per heavy atom. The van der Waals surface area contributed by atoms with Crippen LogP contribution in [0.25, 0.3) is 0 Å². The number of benzene rings is 2. The number of anilines is 1. The van der Waals surface area contributed by atoms with Crippen molar-refractivity contribution >= 4 is 17.7 Å². The molecule has 8 nitrogen and oxygen atoms in total. The molecule has 2 aromatic rings. The maximum absolute atomic E-state index is 13.8. The van der Waals surface area contributed by atoms with Crippen LogP contribution in [-0.2, 0) is 14.9 Å². The summed E-state index contributed by atoms with van der Waals surface area (Å²) in [6, 6.07) is 13.7. The molecule has 2 atom stereocenters. The van der Waals surface area contributed by atoms with Crippen LogP contribution in [0.2, 0.25) is 0 Å². The average molecular weight is 426 g/mol. The fourth-order valence-corrected chi connectivity index (χ4v) is 3.99. The van der Waals surface area contributed by atoms with Gasteiger partial charge in [0.1, 0.15) is 11.4 Å². The average Bonchev–Trinajstić information content (AvgIpc) is 2.93. The maximum Gasteiger partial charge on any atom is 0.421 e. The molecular weight excluding hydrogens is 400 g/mol. The molecule has 0 fully saturated rings. The number of carbonyl (C=O) groups is 2. The second-order valence-corrected chi connectivity index (χ2v) is 8.68. The number of nitro groups is 1. The molecule has 3 rings (SSSR count). The summed E-state index contributed by atoms with van der Waals surface area (Å²) in [4.78, 5) is 38.9. The van der Waals surface area contributed by atoms with Crippen molar-refractivity contribution < 1.29 is 24.0 Å². The third kappa shape index (κ3) is 4.10. The molecular formula is C23H26N2O6. The van der Waals surface area contributed by atoms with Gasteiger partial charge >= 0.3 is 6.09 Å². The third-order valence-corrected chi connectivity index (χ3v) is 5.46. The first kappa shape index (κ1) is 22.3. The van der Waals surface area contributed by atoms with Gasteiger partial charge in [0, 0.05) is 4.92 Å². The van der Waals surface area contributed by atoms with Crippen LogP contribution in [0.4, 0.5) is 10.5 Å². The molecule has 0 saturated heterocycles. The van der Waals surface area contributed by atoms with E-state index in [0.29, 0.717) is 22.6 Å². The first-order chi connectivity index (χ1) is 14.5. The number of nitrogens with zero attached hydrogens (tertiary/aromatic N) is 2. The molecule has 1 aliphatic heterocycles. The van der Waals surface area contributed by atoms with Gasteiger partial charge in [-0.05, 0) is 57.0 Å². The summed E-state index contributed by atoms with van der Waals surface area (Å²) in [5.74, 6) is -0.896. The molecule has 0 aliphatic carbocycles. The van der Waals surface area contributed by atoms with E-state index < -0.39 is 40.4 Å². The molecule has 8 heteroatoms. The van der Waals surface area contributed by atoms with E-state index in [-0.39, 0.29) is 0 Å². The van der Waals surface area contributed by atoms with E-state index in [1.54, 1.807) is 76.2 Å². The minimum Gasteiger partial charge on any atom is -0.497 e. The molecule has 31 heavy (non-hydrogen) atoms. The van der Waals surface area contributed by atoms with Gasteiger partial charge in [0.05, 0.1) is 24.1 Å². The highest BCUT2D eigenvalue weighted by Crippen LogP contribution is 2.51. The Morgan fingerprint density at radius 2 is 1.84 bits per heavy atom. The number of imide groups is 1. The van der Waals surface area contributed by atoms with Crippen LogP contribution in [-0.4, -0.2) is 36.2 Å². The lowest BCUT2D eigenvalue weighted by Crippen LogP contribution is -2.47. The number of rotatable bonds is 5. The van der Waals surface area contributed by atoms with Gasteiger partial charge < -0.3 is 9.47 Å². The number of amides is 2. The van der Waals surface area contributed by atoms with E-state index in [0.717, 1.165) is 4.90 Å². The highest BCUT2D eigenvalue weighted by Gasteiger charge is 2.57. The van der Waals surface area contributed by atoms with Crippen molar-refractivity contribution in [2.24, 2.45) is 0 Å². The number of methoxy groups -OCH3 is 1. The predicted molar refractivity (Wildman–Crippen MR) is 115 cm³/mol. The van der Waals surface area contributed by atoms with Crippen molar-refractivity contribution in [3.8, 4) is 5.75 Å². The second-order valence-electron chi connectivity index (χ2n) is 8.68. The summed E-state index contributed by atoms with van der Waals surface area (Å²) in [7, 11) is 1.49. The van der Waals surface area contributed by atoms with Crippen LogP contribution >= 0.6 is 0 Å². The van der Waals surface area contributed by atoms with Crippen LogP contribution in [0, 0.1) is 10.1 Å². The number of fused-ring (bicyclic) bond motifs is 1. The van der Waals surface area contributed by atoms with Crippen molar-refractivity contribution in [2.75, 3.05) is 18.6 Å². The van der Waals surface area contributed by atoms with Crippen molar-refractivity contribution in [3.05, 3.63) is 69.8 Å². The van der Waals surface area contributed by atoms with Gasteiger partial charge in [-0.3, -0.25) is 14.9 Å². The fourth-order valence-electron chi connectivity index (χ4n) is 3.99. The lowest BCUT2D eigenvalue weighted by Gasteiger charge is -2.31. The SMILES string of the molecule is COc1ccc2c(c1)[C@@](C)([C@@H](C[N+](=O)[O-])c1ccccc1)C(=O)N2C(=O)OC(C)(C)C. The highest BCUT2D eigenvalue weighted by atomic mass is 16.6. The van der Waals surface area contributed by atoms with E-state index in [9.17, 15) is 19.7 Å². The van der Waals surface area contributed by atoms with Crippen LogP contribution in [0.3, 0.4) is 0 Å². The molecule has 1 aliphatic rings. The number of carbonyl (C=O) groups excluding carboxylic acids is 2. The van der Waals surface area contributed by atoms with Gasteiger partial charge in [-0.15, -0.1) is 0 Å². The Hall–Kier alpha value is -3.42. The summed E-state index contributed by atoms with van der Waals surface area (Å²) in [6.07, 6.45) is -0.819. The van der Waals surface area contributed by atoms with E-state index in [2.05, 4.69) is 0 Å². The predicted octanol–water partition coefficient (Wildman–Crippen LogP) is 4.30. The molecule has 0 saturated carbocycles. The third-order valence-electron chi connectivity index (χ3n) is 5.46. The van der Waals surface area contributed by atoms with Crippen LogP contribution in [0.15, 0.2) is 48.5 Å². The molecule has 0 N–H and O–H groups in total. The topological polar surface area (TPSA) is 99.0 Å². The molecule has 0 bridgehead atoms. The highest BCUT2D eigenvalue weighted by molar-refractivity contribution is 6.21. The summed E-state index contributed by atoms with van der Waals surface area (Å²) < 4.78 is 10.8. The monoisotopic (exact) mass is 426 g/mol. The van der Waals surface area contributed by atoms with E-state index in [1.807, 2.05) is 0 Å². The van der Waals surface area contributed by atoms with Gasteiger partial charge in [-0.1, -0.05) is 30.3 Å². The number of hydrogen-bond acceptors (Lipinski definition) is 6. The Morgan fingerprint density at radius 1 is 1.19 bits per heavy atom. The lowest BCUT2D eigenvalue weighted by molar-refractivity contribution is -0.484. The standard InChI is InChI=1S/C23H26N2O6/c1-22(2,3)31-21(27)25-19-12-11-16(30-5)13-17(19)23(4,20(25)26)18(14-24(28)29)15-9-7-6-8-10-15/h6-13,18H,14H2,1-5H3/t18-,23-/m0/s1. The Balaban J connectivity index is 2.22. The van der Waals surface area contributed by atoms with E-state index in [4.69, 9.17) is 9.47 Å². The largest absolute Gasteiger partial charge is 0.497 e. The van der Waals surface area contributed by atoms with Gasteiger partial charge in [0.25, 0.3) is 0 Å². The second kappa shape index (κ2) is 8.02. The Labute approximate surface area is 180 Å². The molecule has 0 unspecified atom stereocenters. The van der Waals surface area contributed by atoms with E-state index >= 15 is 0 Å². The zero-order valence-corrected chi connectivity index (χ0v) is 18.2. The van der Waals surface area contributed by atoms with Crippen molar-refractivity contribution in [1.82, 2.24) is 0 Å². The molecule has 0 aromatic heterocycles. The minimum absolute atomic E-state index is 0.340. The quantitative estimate of drug-likeness (QED) is 0.522. The fraction of sp³-hybridized carbons (Fsp3) is 0.391. The Kier molecular flexibility index (Phi) is 5.76. The normalized spacial score (nSPS) is 19.0. The van der Waals surface area contributed by atoms with Crippen LogP contribution in [0.5, 0.6) is 5.75 Å². The molecule has 164 valence electrons. The summed E-state index contributed by atoms with van der Waals surface area (Å²) in [6.45, 7) is 6.28. The molecule has 0 radical (unpaired) electrons. The summed E-state index contributed by atoms with van der Waals surface area (Å²) in [5, 5.41) is 11.6. The summed E-state index contributed by atoms with van der Waals surface area (Å²) in [5.41, 5.74) is -0.738. The van der Waals surface area contributed by atoms with Crippen molar-refractivity contribution in [3.63, 3.8) is 0 Å². The first-order valence-electron chi connectivity index (χ1n) is 9.92.